The first kappa shape index (κ1) is 25.7. The molecule has 0 spiro atoms. The highest BCUT2D eigenvalue weighted by atomic mass is 32.2. The van der Waals surface area contributed by atoms with Gasteiger partial charge in [0, 0.05) is 55.8 Å². The third-order valence-electron chi connectivity index (χ3n) is 6.56. The SMILES string of the molecule is CC(=N)/N=C(\NC(C)C)c1cn2c(n1)-c1cc([S+]([O-])C3CCN(C(C)C)CC3)c(C)cc1OCC2. The Labute approximate surface area is 211 Å². The number of rotatable bonds is 5. The first-order chi connectivity index (χ1) is 16.6. The highest BCUT2D eigenvalue weighted by Gasteiger charge is 2.33. The monoisotopic (exact) mass is 498 g/mol. The summed E-state index contributed by atoms with van der Waals surface area (Å²) in [5.74, 6) is 2.36. The maximum absolute atomic E-state index is 13.7. The number of aliphatic imine (C=N–C) groups is 1. The fourth-order valence-electron chi connectivity index (χ4n) is 4.73. The van der Waals surface area contributed by atoms with Gasteiger partial charge in [-0.05, 0) is 58.8 Å². The maximum Gasteiger partial charge on any atom is 0.156 e. The van der Waals surface area contributed by atoms with Gasteiger partial charge in [-0.3, -0.25) is 5.41 Å². The van der Waals surface area contributed by atoms with Crippen LogP contribution >= 0.6 is 0 Å². The van der Waals surface area contributed by atoms with Gasteiger partial charge < -0.3 is 24.1 Å². The Morgan fingerprint density at radius 1 is 1.23 bits per heavy atom. The van der Waals surface area contributed by atoms with Gasteiger partial charge in [-0.25, -0.2) is 9.98 Å². The number of nitrogens with zero attached hydrogens (tertiary/aromatic N) is 4. The first-order valence-electron chi connectivity index (χ1n) is 12.5. The van der Waals surface area contributed by atoms with Gasteiger partial charge >= 0.3 is 0 Å². The van der Waals surface area contributed by atoms with E-state index < -0.39 is 11.2 Å². The second-order valence-corrected chi connectivity index (χ2v) is 11.8. The minimum atomic E-state index is -1.09. The standard InChI is InChI=1S/C26H38N6O2S/c1-16(2)28-25(29-19(6)27)22-15-32-11-12-34-23-13-18(5)24(14-21(23)26(32)30-22)35(33)20-7-9-31(10-8-20)17(3)4/h13-17,20H,7-12H2,1-6H3,(H2,27,28,29). The zero-order chi connectivity index (χ0) is 25.3. The van der Waals surface area contributed by atoms with E-state index in [-0.39, 0.29) is 17.1 Å². The normalized spacial score (nSPS) is 18.1. The topological polar surface area (TPSA) is 102 Å². The van der Waals surface area contributed by atoms with Gasteiger partial charge in [-0.15, -0.1) is 0 Å². The number of aryl methyl sites for hydroxylation is 1. The van der Waals surface area contributed by atoms with Crippen LogP contribution in [0, 0.1) is 12.3 Å². The molecule has 0 bridgehead atoms. The zero-order valence-corrected chi connectivity index (χ0v) is 22.5. The number of hydrogen-bond acceptors (Lipinski definition) is 5. The van der Waals surface area contributed by atoms with E-state index in [1.807, 2.05) is 39.1 Å². The van der Waals surface area contributed by atoms with Crippen LogP contribution in [-0.2, 0) is 17.7 Å². The van der Waals surface area contributed by atoms with Gasteiger partial charge in [0.2, 0.25) is 0 Å². The summed E-state index contributed by atoms with van der Waals surface area (Å²) in [5, 5.41) is 11.3. The van der Waals surface area contributed by atoms with Crippen LogP contribution in [0.4, 0.5) is 0 Å². The molecule has 2 aliphatic rings. The molecule has 8 nitrogen and oxygen atoms in total. The molecule has 3 heterocycles. The van der Waals surface area contributed by atoms with Crippen molar-refractivity contribution in [2.75, 3.05) is 19.7 Å². The summed E-state index contributed by atoms with van der Waals surface area (Å²) >= 11 is -1.09. The fourth-order valence-corrected chi connectivity index (χ4v) is 6.34. The molecule has 2 aromatic rings. The summed E-state index contributed by atoms with van der Waals surface area (Å²) in [6.45, 7) is 15.4. The van der Waals surface area contributed by atoms with E-state index in [9.17, 15) is 4.55 Å². The van der Waals surface area contributed by atoms with Crippen LogP contribution in [-0.4, -0.2) is 67.7 Å². The summed E-state index contributed by atoms with van der Waals surface area (Å²) in [6, 6.07) is 4.72. The van der Waals surface area contributed by atoms with Gasteiger partial charge in [-0.2, -0.15) is 0 Å². The van der Waals surface area contributed by atoms with Gasteiger partial charge in [0.25, 0.3) is 0 Å². The average Bonchev–Trinajstić information content (AvgIpc) is 3.14. The summed E-state index contributed by atoms with van der Waals surface area (Å²) in [5.41, 5.74) is 2.55. The lowest BCUT2D eigenvalue weighted by Gasteiger charge is -2.35. The van der Waals surface area contributed by atoms with Crippen molar-refractivity contribution in [3.05, 3.63) is 29.6 Å². The van der Waals surface area contributed by atoms with Gasteiger partial charge in [0.05, 0.1) is 12.1 Å². The minimum Gasteiger partial charge on any atom is -0.611 e. The van der Waals surface area contributed by atoms with Crippen molar-refractivity contribution in [1.82, 2.24) is 19.8 Å². The molecule has 1 unspecified atom stereocenters. The molecule has 0 saturated carbocycles. The molecule has 2 aliphatic heterocycles. The molecule has 0 aliphatic carbocycles. The molecule has 1 aromatic carbocycles. The number of aromatic nitrogens is 2. The van der Waals surface area contributed by atoms with E-state index in [0.29, 0.717) is 30.7 Å². The quantitative estimate of drug-likeness (QED) is 0.369. The molecular weight excluding hydrogens is 460 g/mol. The smallest absolute Gasteiger partial charge is 0.156 e. The molecule has 35 heavy (non-hydrogen) atoms. The van der Waals surface area contributed by atoms with Crippen molar-refractivity contribution in [1.29, 1.82) is 5.41 Å². The summed E-state index contributed by atoms with van der Waals surface area (Å²) in [4.78, 5) is 12.6. The van der Waals surface area contributed by atoms with E-state index in [4.69, 9.17) is 15.1 Å². The molecule has 0 radical (unpaired) electrons. The summed E-state index contributed by atoms with van der Waals surface area (Å²) in [6.07, 6.45) is 3.85. The van der Waals surface area contributed by atoms with E-state index in [2.05, 4.69) is 33.6 Å². The number of fused-ring (bicyclic) bond motifs is 3. The predicted octanol–water partition coefficient (Wildman–Crippen LogP) is 3.97. The fraction of sp³-hybridized carbons (Fsp3) is 0.577. The largest absolute Gasteiger partial charge is 0.611 e. The molecular formula is C26H38N6O2S. The van der Waals surface area contributed by atoms with Gasteiger partial charge in [-0.1, -0.05) is 0 Å². The lowest BCUT2D eigenvalue weighted by molar-refractivity contribution is 0.186. The third kappa shape index (κ3) is 5.73. The number of imidazole rings is 1. The average molecular weight is 499 g/mol. The summed E-state index contributed by atoms with van der Waals surface area (Å²) < 4.78 is 21.9. The molecule has 1 atom stereocenters. The van der Waals surface area contributed by atoms with Crippen LogP contribution in [0.5, 0.6) is 5.75 Å². The lowest BCUT2D eigenvalue weighted by Crippen LogP contribution is -2.42. The Balaban J connectivity index is 1.69. The number of nitrogens with one attached hydrogen (secondary N) is 2. The first-order valence-corrected chi connectivity index (χ1v) is 13.8. The Kier molecular flexibility index (Phi) is 7.88. The molecule has 1 fully saturated rings. The van der Waals surface area contributed by atoms with Crippen molar-refractivity contribution in [3.8, 4) is 17.1 Å². The molecule has 0 amide bonds. The van der Waals surface area contributed by atoms with E-state index in [1.54, 1.807) is 6.92 Å². The molecule has 1 saturated heterocycles. The van der Waals surface area contributed by atoms with Gasteiger partial charge in [0.1, 0.15) is 35.0 Å². The van der Waals surface area contributed by atoms with Crippen molar-refractivity contribution in [2.45, 2.75) is 83.2 Å². The van der Waals surface area contributed by atoms with E-state index >= 15 is 0 Å². The van der Waals surface area contributed by atoms with Crippen molar-refractivity contribution in [3.63, 3.8) is 0 Å². The number of ether oxygens (including phenoxy) is 1. The van der Waals surface area contributed by atoms with Crippen molar-refractivity contribution < 1.29 is 9.29 Å². The number of amidine groups is 2. The van der Waals surface area contributed by atoms with Crippen LogP contribution in [0.3, 0.4) is 0 Å². The Bertz CT molecular complexity index is 1100. The molecule has 190 valence electrons. The molecule has 9 heteroatoms. The highest BCUT2D eigenvalue weighted by molar-refractivity contribution is 7.92. The Hall–Kier alpha value is -2.36. The number of benzene rings is 1. The number of piperidine rings is 1. The van der Waals surface area contributed by atoms with Crippen LogP contribution in [0.2, 0.25) is 0 Å². The van der Waals surface area contributed by atoms with Crippen LogP contribution in [0.25, 0.3) is 11.4 Å². The maximum atomic E-state index is 13.7. The lowest BCUT2D eigenvalue weighted by atomic mass is 10.1. The van der Waals surface area contributed by atoms with Gasteiger partial charge in [0.15, 0.2) is 10.7 Å². The van der Waals surface area contributed by atoms with E-state index in [0.717, 1.165) is 53.5 Å². The van der Waals surface area contributed by atoms with Crippen LogP contribution in [0.1, 0.15) is 58.7 Å². The molecule has 4 rings (SSSR count). The van der Waals surface area contributed by atoms with Crippen LogP contribution < -0.4 is 10.1 Å². The van der Waals surface area contributed by atoms with E-state index in [1.165, 1.54) is 0 Å². The Morgan fingerprint density at radius 3 is 2.57 bits per heavy atom. The summed E-state index contributed by atoms with van der Waals surface area (Å²) in [7, 11) is 0. The second-order valence-electron chi connectivity index (χ2n) is 10.1. The Morgan fingerprint density at radius 2 is 1.94 bits per heavy atom. The molecule has 2 N–H and O–H groups in total. The zero-order valence-electron chi connectivity index (χ0n) is 21.7. The predicted molar refractivity (Wildman–Crippen MR) is 142 cm³/mol. The highest BCUT2D eigenvalue weighted by Crippen LogP contribution is 2.38. The number of hydrogen-bond donors (Lipinski definition) is 2. The second kappa shape index (κ2) is 10.7. The molecule has 1 aromatic heterocycles. The third-order valence-corrected chi connectivity index (χ3v) is 8.51. The number of likely N-dealkylation sites (tertiary alicyclic amines) is 1. The van der Waals surface area contributed by atoms with Crippen molar-refractivity contribution >= 4 is 22.8 Å². The minimum absolute atomic E-state index is 0.156. The van der Waals surface area contributed by atoms with Crippen LogP contribution in [0.15, 0.2) is 28.2 Å². The van der Waals surface area contributed by atoms with Crippen molar-refractivity contribution in [2.24, 2.45) is 4.99 Å².